The summed E-state index contributed by atoms with van der Waals surface area (Å²) in [6, 6.07) is 0. The van der Waals surface area contributed by atoms with E-state index in [1.54, 1.807) is 0 Å². The molecule has 6 heteroatoms. The Kier molecular flexibility index (Phi) is 63.6. The molecular weight excluding hydrogens is 937 g/mol. The number of hydrogen-bond acceptors (Lipinski definition) is 6. The minimum Gasteiger partial charge on any atom is -0.462 e. The molecule has 1 atom stereocenters. The SMILES string of the molecule is CCCC/C=C\CCCCCCCC(=O)OCC(COC(=O)CCCCCCCCCCCCCCCCCCCCCCCCCCCC)OC(=O)CCCCCCCCCCC/C=C\CCCCCCCCCC. The third-order valence-electron chi connectivity index (χ3n) is 15.7. The molecule has 76 heavy (non-hydrogen) atoms. The summed E-state index contributed by atoms with van der Waals surface area (Å²) in [6.07, 6.45) is 79.3. The summed E-state index contributed by atoms with van der Waals surface area (Å²) < 4.78 is 16.9. The highest BCUT2D eigenvalue weighted by molar-refractivity contribution is 5.71. The van der Waals surface area contributed by atoms with Gasteiger partial charge >= 0.3 is 17.9 Å². The zero-order valence-electron chi connectivity index (χ0n) is 51.6. The van der Waals surface area contributed by atoms with Crippen LogP contribution in [0.15, 0.2) is 24.3 Å². The maximum Gasteiger partial charge on any atom is 0.306 e. The Morgan fingerprint density at radius 2 is 0.447 bits per heavy atom. The van der Waals surface area contributed by atoms with Gasteiger partial charge in [0.1, 0.15) is 13.2 Å². The van der Waals surface area contributed by atoms with E-state index < -0.39 is 6.10 Å². The van der Waals surface area contributed by atoms with Crippen molar-refractivity contribution in [3.8, 4) is 0 Å². The Labute approximate surface area is 474 Å². The van der Waals surface area contributed by atoms with Gasteiger partial charge in [-0.1, -0.05) is 328 Å². The quantitative estimate of drug-likeness (QED) is 0.0261. The first-order chi connectivity index (χ1) is 37.5. The van der Waals surface area contributed by atoms with Gasteiger partial charge in [-0.15, -0.1) is 0 Å². The number of carbonyl (C=O) groups is 3. The largest absolute Gasteiger partial charge is 0.462 e. The molecule has 0 spiro atoms. The molecule has 0 aliphatic carbocycles. The molecule has 0 fully saturated rings. The van der Waals surface area contributed by atoms with Crippen molar-refractivity contribution in [1.29, 1.82) is 0 Å². The van der Waals surface area contributed by atoms with E-state index in [0.717, 1.165) is 64.2 Å². The predicted octanol–water partition coefficient (Wildman–Crippen LogP) is 23.4. The number of allylic oxidation sites excluding steroid dienone is 4. The molecule has 0 aromatic rings. The van der Waals surface area contributed by atoms with Crippen molar-refractivity contribution in [3.05, 3.63) is 24.3 Å². The zero-order chi connectivity index (χ0) is 55.0. The summed E-state index contributed by atoms with van der Waals surface area (Å²) in [7, 11) is 0. The fraction of sp³-hybridized carbons (Fsp3) is 0.900. The molecule has 0 aromatic heterocycles. The highest BCUT2D eigenvalue weighted by atomic mass is 16.6. The normalized spacial score (nSPS) is 12.1. The first kappa shape index (κ1) is 73.9. The molecule has 0 rings (SSSR count). The van der Waals surface area contributed by atoms with Crippen LogP contribution in [0.3, 0.4) is 0 Å². The molecule has 0 radical (unpaired) electrons. The lowest BCUT2D eigenvalue weighted by Gasteiger charge is -2.18. The summed E-state index contributed by atoms with van der Waals surface area (Å²) in [4.78, 5) is 38.3. The van der Waals surface area contributed by atoms with E-state index in [-0.39, 0.29) is 31.1 Å². The van der Waals surface area contributed by atoms with Crippen LogP contribution < -0.4 is 0 Å². The molecule has 0 aliphatic heterocycles. The molecule has 0 aromatic carbocycles. The Hall–Kier alpha value is -2.11. The molecule has 0 heterocycles. The zero-order valence-corrected chi connectivity index (χ0v) is 51.6. The number of rotatable bonds is 64. The van der Waals surface area contributed by atoms with Crippen molar-refractivity contribution in [3.63, 3.8) is 0 Å². The minimum absolute atomic E-state index is 0.0696. The fourth-order valence-corrected chi connectivity index (χ4v) is 10.5. The van der Waals surface area contributed by atoms with E-state index in [4.69, 9.17) is 14.2 Å². The highest BCUT2D eigenvalue weighted by Gasteiger charge is 2.19. The average Bonchev–Trinajstić information content (AvgIpc) is 3.42. The van der Waals surface area contributed by atoms with Crippen LogP contribution in [-0.2, 0) is 28.6 Å². The Morgan fingerprint density at radius 1 is 0.250 bits per heavy atom. The van der Waals surface area contributed by atoms with Gasteiger partial charge in [0.15, 0.2) is 6.10 Å². The van der Waals surface area contributed by atoms with Gasteiger partial charge in [0, 0.05) is 19.3 Å². The second kappa shape index (κ2) is 65.4. The second-order valence-corrected chi connectivity index (χ2v) is 23.4. The van der Waals surface area contributed by atoms with Crippen molar-refractivity contribution in [1.82, 2.24) is 0 Å². The third kappa shape index (κ3) is 62.7. The molecule has 0 saturated heterocycles. The summed E-state index contributed by atoms with van der Waals surface area (Å²) >= 11 is 0. The van der Waals surface area contributed by atoms with E-state index in [1.165, 1.54) is 283 Å². The van der Waals surface area contributed by atoms with E-state index >= 15 is 0 Å². The Balaban J connectivity index is 4.17. The molecule has 6 nitrogen and oxygen atoms in total. The predicted molar refractivity (Wildman–Crippen MR) is 330 cm³/mol. The molecule has 0 aliphatic rings. The molecule has 0 amide bonds. The van der Waals surface area contributed by atoms with E-state index in [0.29, 0.717) is 19.3 Å². The second-order valence-electron chi connectivity index (χ2n) is 23.4. The summed E-state index contributed by atoms with van der Waals surface area (Å²) in [5, 5.41) is 0. The lowest BCUT2D eigenvalue weighted by Crippen LogP contribution is -2.30. The highest BCUT2D eigenvalue weighted by Crippen LogP contribution is 2.18. The van der Waals surface area contributed by atoms with E-state index in [1.807, 2.05) is 0 Å². The van der Waals surface area contributed by atoms with Crippen LogP contribution in [0.4, 0.5) is 0 Å². The summed E-state index contributed by atoms with van der Waals surface area (Å²) in [6.45, 7) is 6.67. The molecule has 0 saturated carbocycles. The van der Waals surface area contributed by atoms with Gasteiger partial charge in [-0.25, -0.2) is 0 Å². The number of unbranched alkanes of at least 4 members (excludes halogenated alkanes) is 49. The number of hydrogen-bond donors (Lipinski definition) is 0. The van der Waals surface area contributed by atoms with Crippen LogP contribution >= 0.6 is 0 Å². The molecular formula is C70H132O6. The van der Waals surface area contributed by atoms with Gasteiger partial charge < -0.3 is 14.2 Å². The minimum atomic E-state index is -0.773. The van der Waals surface area contributed by atoms with Gasteiger partial charge in [-0.05, 0) is 64.2 Å². The molecule has 0 bridgehead atoms. The topological polar surface area (TPSA) is 78.9 Å². The standard InChI is InChI=1S/C70H132O6/c1-4-7-10-13-16-19-22-24-26-28-30-32-33-34-35-36-38-39-41-43-45-48-51-54-57-60-63-69(72)75-66-67(65-74-68(71)62-59-56-53-50-47-21-18-15-12-9-6-3)76-70(73)64-61-58-55-52-49-46-44-42-40-37-31-29-27-25-23-20-17-14-11-8-5-2/h15,18,29,31,67H,4-14,16-17,19-28,30,32-66H2,1-3H3/b18-15-,31-29-. The fourth-order valence-electron chi connectivity index (χ4n) is 10.5. The number of esters is 3. The maximum absolute atomic E-state index is 12.9. The van der Waals surface area contributed by atoms with Gasteiger partial charge in [0.25, 0.3) is 0 Å². The first-order valence-corrected chi connectivity index (χ1v) is 34.3. The lowest BCUT2D eigenvalue weighted by atomic mass is 10.0. The van der Waals surface area contributed by atoms with Crippen LogP contribution in [0.5, 0.6) is 0 Å². The molecule has 448 valence electrons. The Bertz CT molecular complexity index is 1230. The average molecular weight is 1070 g/mol. The lowest BCUT2D eigenvalue weighted by molar-refractivity contribution is -0.167. The Morgan fingerprint density at radius 3 is 0.697 bits per heavy atom. The monoisotopic (exact) mass is 1070 g/mol. The summed E-state index contributed by atoms with van der Waals surface area (Å²) in [5.74, 6) is -0.855. The van der Waals surface area contributed by atoms with Crippen LogP contribution in [0.2, 0.25) is 0 Å². The van der Waals surface area contributed by atoms with Crippen molar-refractivity contribution >= 4 is 17.9 Å². The number of ether oxygens (including phenoxy) is 3. The van der Waals surface area contributed by atoms with Gasteiger partial charge in [-0.3, -0.25) is 14.4 Å². The molecule has 0 N–H and O–H groups in total. The van der Waals surface area contributed by atoms with Crippen molar-refractivity contribution in [2.45, 2.75) is 393 Å². The maximum atomic E-state index is 12.9. The van der Waals surface area contributed by atoms with E-state index in [2.05, 4.69) is 45.1 Å². The van der Waals surface area contributed by atoms with E-state index in [9.17, 15) is 14.4 Å². The first-order valence-electron chi connectivity index (χ1n) is 34.3. The van der Waals surface area contributed by atoms with Gasteiger partial charge in [-0.2, -0.15) is 0 Å². The van der Waals surface area contributed by atoms with Gasteiger partial charge in [0.05, 0.1) is 0 Å². The van der Waals surface area contributed by atoms with Gasteiger partial charge in [0.2, 0.25) is 0 Å². The summed E-state index contributed by atoms with van der Waals surface area (Å²) in [5.41, 5.74) is 0. The van der Waals surface area contributed by atoms with Crippen molar-refractivity contribution < 1.29 is 28.6 Å². The smallest absolute Gasteiger partial charge is 0.306 e. The van der Waals surface area contributed by atoms with Crippen LogP contribution in [0, 0.1) is 0 Å². The van der Waals surface area contributed by atoms with Crippen LogP contribution in [0.25, 0.3) is 0 Å². The van der Waals surface area contributed by atoms with Crippen molar-refractivity contribution in [2.75, 3.05) is 13.2 Å². The van der Waals surface area contributed by atoms with Crippen molar-refractivity contribution in [2.24, 2.45) is 0 Å². The van der Waals surface area contributed by atoms with Crippen LogP contribution in [0.1, 0.15) is 387 Å². The molecule has 1 unspecified atom stereocenters. The van der Waals surface area contributed by atoms with Crippen LogP contribution in [-0.4, -0.2) is 37.2 Å². The number of carbonyl (C=O) groups excluding carboxylic acids is 3. The third-order valence-corrected chi connectivity index (χ3v) is 15.7.